The summed E-state index contributed by atoms with van der Waals surface area (Å²) in [6, 6.07) is 49.9. The van der Waals surface area contributed by atoms with Crippen LogP contribution in [0.2, 0.25) is 0 Å². The molecule has 46 heavy (non-hydrogen) atoms. The Morgan fingerprint density at radius 2 is 1.13 bits per heavy atom. The van der Waals surface area contributed by atoms with E-state index in [0.717, 1.165) is 27.8 Å². The van der Waals surface area contributed by atoms with E-state index in [0.29, 0.717) is 23.0 Å². The molecule has 6 aromatic carbocycles. The number of nitrogens with zero attached hydrogens (tertiary/aromatic N) is 4. The number of rotatable bonds is 5. The van der Waals surface area contributed by atoms with Gasteiger partial charge in [0.1, 0.15) is 0 Å². The summed E-state index contributed by atoms with van der Waals surface area (Å²) >= 11 is 1.81. The normalized spacial score (nSPS) is 11.1. The van der Waals surface area contributed by atoms with Crippen molar-refractivity contribution in [2.45, 2.75) is 6.92 Å². The summed E-state index contributed by atoms with van der Waals surface area (Å²) < 4.78 is 2.48. The van der Waals surface area contributed by atoms with Crippen LogP contribution in [-0.4, -0.2) is 15.0 Å². The van der Waals surface area contributed by atoms with Crippen molar-refractivity contribution in [1.29, 1.82) is 5.26 Å². The molecule has 0 radical (unpaired) electrons. The second-order valence-electron chi connectivity index (χ2n) is 11.3. The Morgan fingerprint density at radius 3 is 1.80 bits per heavy atom. The maximum absolute atomic E-state index is 10.1. The lowest BCUT2D eigenvalue weighted by Crippen LogP contribution is -2.00. The lowest BCUT2D eigenvalue weighted by Gasteiger charge is -2.11. The highest BCUT2D eigenvalue weighted by Crippen LogP contribution is 2.42. The molecule has 0 bridgehead atoms. The molecule has 0 atom stereocenters. The smallest absolute Gasteiger partial charge is 0.164 e. The fourth-order valence-electron chi connectivity index (χ4n) is 5.99. The van der Waals surface area contributed by atoms with Crippen LogP contribution in [0.15, 0.2) is 140 Å². The van der Waals surface area contributed by atoms with Crippen LogP contribution in [0, 0.1) is 18.3 Å². The maximum Gasteiger partial charge on any atom is 0.164 e. The van der Waals surface area contributed by atoms with Gasteiger partial charge >= 0.3 is 0 Å². The van der Waals surface area contributed by atoms with Crippen molar-refractivity contribution < 1.29 is 0 Å². The van der Waals surface area contributed by atoms with Gasteiger partial charge in [0.05, 0.1) is 11.6 Å². The molecule has 0 fully saturated rings. The van der Waals surface area contributed by atoms with E-state index in [1.165, 1.54) is 36.9 Å². The second kappa shape index (κ2) is 11.5. The van der Waals surface area contributed by atoms with E-state index in [4.69, 9.17) is 15.0 Å². The second-order valence-corrected chi connectivity index (χ2v) is 12.4. The molecule has 8 aromatic rings. The summed E-state index contributed by atoms with van der Waals surface area (Å²) in [6.45, 7) is 2.13. The monoisotopic (exact) mass is 606 g/mol. The first-order valence-electron chi connectivity index (χ1n) is 15.1. The summed E-state index contributed by atoms with van der Waals surface area (Å²) in [7, 11) is 0. The molecule has 0 spiro atoms. The predicted molar refractivity (Wildman–Crippen MR) is 189 cm³/mol. The van der Waals surface area contributed by atoms with Gasteiger partial charge < -0.3 is 0 Å². The van der Waals surface area contributed by atoms with Gasteiger partial charge in [-0.1, -0.05) is 109 Å². The zero-order chi connectivity index (χ0) is 31.0. The first-order valence-corrected chi connectivity index (χ1v) is 15.9. The molecule has 0 saturated carbocycles. The minimum Gasteiger partial charge on any atom is -0.208 e. The van der Waals surface area contributed by atoms with Gasteiger partial charge in [0, 0.05) is 36.9 Å². The zero-order valence-electron chi connectivity index (χ0n) is 25.0. The maximum atomic E-state index is 10.1. The van der Waals surface area contributed by atoms with Crippen LogP contribution in [0.5, 0.6) is 0 Å². The number of fused-ring (bicyclic) bond motifs is 3. The summed E-state index contributed by atoms with van der Waals surface area (Å²) in [5, 5.41) is 12.6. The molecule has 4 nitrogen and oxygen atoms in total. The fourth-order valence-corrected chi connectivity index (χ4v) is 7.10. The topological polar surface area (TPSA) is 62.5 Å². The van der Waals surface area contributed by atoms with Gasteiger partial charge in [-0.15, -0.1) is 11.3 Å². The van der Waals surface area contributed by atoms with Gasteiger partial charge in [-0.3, -0.25) is 0 Å². The molecule has 0 saturated heterocycles. The van der Waals surface area contributed by atoms with E-state index in [9.17, 15) is 5.26 Å². The van der Waals surface area contributed by atoms with Gasteiger partial charge in [-0.25, -0.2) is 15.0 Å². The minimum atomic E-state index is 0.523. The Hall–Kier alpha value is -5.96. The molecular formula is C41H26N4S. The van der Waals surface area contributed by atoms with Crippen molar-refractivity contribution >= 4 is 31.5 Å². The Labute approximate surface area is 271 Å². The molecule has 0 aliphatic carbocycles. The van der Waals surface area contributed by atoms with Crippen LogP contribution < -0.4 is 0 Å². The molecule has 0 amide bonds. The number of aryl methyl sites for hydroxylation is 1. The van der Waals surface area contributed by atoms with Crippen LogP contribution in [0.25, 0.3) is 76.6 Å². The van der Waals surface area contributed by atoms with E-state index in [2.05, 4.69) is 79.7 Å². The van der Waals surface area contributed by atoms with Crippen molar-refractivity contribution in [3.63, 3.8) is 0 Å². The van der Waals surface area contributed by atoms with Gasteiger partial charge in [0.2, 0.25) is 0 Å². The number of benzene rings is 6. The van der Waals surface area contributed by atoms with Crippen molar-refractivity contribution in [2.24, 2.45) is 0 Å². The molecule has 216 valence electrons. The van der Waals surface area contributed by atoms with Crippen LogP contribution >= 0.6 is 11.3 Å². The number of hydrogen-bond acceptors (Lipinski definition) is 5. The Kier molecular flexibility index (Phi) is 6.90. The third kappa shape index (κ3) is 5.11. The fraction of sp³-hybridized carbons (Fsp3) is 0.0244. The van der Waals surface area contributed by atoms with Crippen LogP contribution in [0.3, 0.4) is 0 Å². The quantitative estimate of drug-likeness (QED) is 0.196. The summed E-state index contributed by atoms with van der Waals surface area (Å²) in [5.74, 6) is 1.70. The highest BCUT2D eigenvalue weighted by molar-refractivity contribution is 7.26. The minimum absolute atomic E-state index is 0.523. The molecular weight excluding hydrogens is 581 g/mol. The van der Waals surface area contributed by atoms with Gasteiger partial charge in [0.15, 0.2) is 17.5 Å². The van der Waals surface area contributed by atoms with Gasteiger partial charge in [-0.2, -0.15) is 5.26 Å². The van der Waals surface area contributed by atoms with Gasteiger partial charge in [0.25, 0.3) is 0 Å². The molecule has 0 unspecified atom stereocenters. The molecule has 5 heteroatoms. The third-order valence-electron chi connectivity index (χ3n) is 8.18. The van der Waals surface area contributed by atoms with Crippen molar-refractivity contribution in [2.75, 3.05) is 0 Å². The lowest BCUT2D eigenvalue weighted by atomic mass is 9.95. The Bertz CT molecular complexity index is 2380. The molecule has 8 rings (SSSR count). The first kappa shape index (κ1) is 27.6. The summed E-state index contributed by atoms with van der Waals surface area (Å²) in [6.07, 6.45) is 0. The van der Waals surface area contributed by atoms with Crippen molar-refractivity contribution in [3.8, 4) is 62.5 Å². The summed E-state index contributed by atoms with van der Waals surface area (Å²) in [4.78, 5) is 14.7. The molecule has 0 aliphatic rings. The van der Waals surface area contributed by atoms with Gasteiger partial charge in [-0.05, 0) is 65.6 Å². The molecule has 0 aliphatic heterocycles. The summed E-state index contributed by atoms with van der Waals surface area (Å²) in [5.41, 5.74) is 8.76. The van der Waals surface area contributed by atoms with E-state index < -0.39 is 0 Å². The number of nitriles is 1. The van der Waals surface area contributed by atoms with Crippen molar-refractivity contribution in [1.82, 2.24) is 15.0 Å². The number of hydrogen-bond donors (Lipinski definition) is 0. The average Bonchev–Trinajstić information content (AvgIpc) is 3.50. The van der Waals surface area contributed by atoms with E-state index in [1.54, 1.807) is 11.3 Å². The lowest BCUT2D eigenvalue weighted by molar-refractivity contribution is 1.07. The molecule has 2 heterocycles. The van der Waals surface area contributed by atoms with E-state index in [1.807, 2.05) is 72.8 Å². The number of thiophene rings is 1. The van der Waals surface area contributed by atoms with Crippen LogP contribution in [-0.2, 0) is 0 Å². The zero-order valence-corrected chi connectivity index (χ0v) is 25.8. The van der Waals surface area contributed by atoms with Crippen LogP contribution in [0.4, 0.5) is 0 Å². The Morgan fingerprint density at radius 1 is 0.500 bits per heavy atom. The SMILES string of the molecule is Cc1cccc(-c2cccc3sc4ccc(-c5cc(C#N)cc(-c6nc(-c7ccccc7)nc(-c7ccccc7)n6)c5)cc4c23)c1. The number of aromatic nitrogens is 3. The molecule has 2 aromatic heterocycles. The van der Waals surface area contributed by atoms with E-state index in [-0.39, 0.29) is 0 Å². The third-order valence-corrected chi connectivity index (χ3v) is 9.31. The highest BCUT2D eigenvalue weighted by atomic mass is 32.1. The average molecular weight is 607 g/mol. The largest absolute Gasteiger partial charge is 0.208 e. The van der Waals surface area contributed by atoms with Crippen molar-refractivity contribution in [3.05, 3.63) is 151 Å². The van der Waals surface area contributed by atoms with E-state index >= 15 is 0 Å². The molecule has 0 N–H and O–H groups in total. The predicted octanol–water partition coefficient (Wildman–Crippen LogP) is 10.8. The first-order chi connectivity index (χ1) is 22.6. The Balaban J connectivity index is 1.30. The standard InChI is InChI=1S/C41H26N4S/c1-26-10-8-15-31(20-26)34-16-9-17-37-38(34)35-24-30(18-19-36(35)46-37)32-21-27(25-42)22-33(23-32)41-44-39(28-11-4-2-5-12-28)43-40(45-41)29-13-6-3-7-14-29/h2-24H,1H3. The van der Waals surface area contributed by atoms with Crippen LogP contribution in [0.1, 0.15) is 11.1 Å². The highest BCUT2D eigenvalue weighted by Gasteiger charge is 2.16.